The summed E-state index contributed by atoms with van der Waals surface area (Å²) in [5.41, 5.74) is 3.26. The van der Waals surface area contributed by atoms with E-state index in [1.54, 1.807) is 32.3 Å². The molecule has 2 aromatic rings. The highest BCUT2D eigenvalue weighted by molar-refractivity contribution is 5.96. The standard InChI is InChI=1S/C20H25N3O2/c1-14(2)17-10-5-6-11-18(17)22-19(24)13-21-16-9-7-8-15(12-16)20(25)23(3)4/h5-12,14,21H,13H2,1-4H3,(H,22,24). The van der Waals surface area contributed by atoms with Crippen LogP contribution in [0.2, 0.25) is 0 Å². The first-order valence-electron chi connectivity index (χ1n) is 8.33. The third-order valence-electron chi connectivity index (χ3n) is 3.83. The fraction of sp³-hybridized carbons (Fsp3) is 0.300. The molecule has 0 unspecified atom stereocenters. The number of rotatable bonds is 6. The van der Waals surface area contributed by atoms with Crippen molar-refractivity contribution in [2.75, 3.05) is 31.3 Å². The lowest BCUT2D eigenvalue weighted by atomic mass is 10.0. The van der Waals surface area contributed by atoms with E-state index in [-0.39, 0.29) is 18.4 Å². The molecule has 2 N–H and O–H groups in total. The minimum atomic E-state index is -0.127. The third-order valence-corrected chi connectivity index (χ3v) is 3.83. The summed E-state index contributed by atoms with van der Waals surface area (Å²) in [6.45, 7) is 4.32. The Labute approximate surface area is 149 Å². The number of nitrogens with one attached hydrogen (secondary N) is 2. The van der Waals surface area contributed by atoms with Crippen LogP contribution in [-0.2, 0) is 4.79 Å². The Kier molecular flexibility index (Phi) is 6.17. The van der Waals surface area contributed by atoms with Gasteiger partial charge in [-0.3, -0.25) is 9.59 Å². The molecule has 0 saturated heterocycles. The fourth-order valence-electron chi connectivity index (χ4n) is 2.51. The van der Waals surface area contributed by atoms with E-state index in [4.69, 9.17) is 0 Å². The molecule has 5 nitrogen and oxygen atoms in total. The zero-order valence-electron chi connectivity index (χ0n) is 15.2. The zero-order valence-corrected chi connectivity index (χ0v) is 15.2. The fourth-order valence-corrected chi connectivity index (χ4v) is 2.51. The molecule has 0 fully saturated rings. The van der Waals surface area contributed by atoms with Gasteiger partial charge in [-0.05, 0) is 35.7 Å². The van der Waals surface area contributed by atoms with Crippen molar-refractivity contribution in [3.8, 4) is 0 Å². The predicted molar refractivity (Wildman–Crippen MR) is 102 cm³/mol. The summed E-state index contributed by atoms with van der Waals surface area (Å²) in [7, 11) is 3.42. The molecule has 2 aromatic carbocycles. The third kappa shape index (κ3) is 5.08. The molecule has 0 aliphatic rings. The molecule has 0 aliphatic carbocycles. The Morgan fingerprint density at radius 2 is 1.76 bits per heavy atom. The molecule has 25 heavy (non-hydrogen) atoms. The maximum absolute atomic E-state index is 12.2. The van der Waals surface area contributed by atoms with E-state index in [1.165, 1.54) is 4.90 Å². The van der Waals surface area contributed by atoms with Gasteiger partial charge in [0.1, 0.15) is 0 Å². The van der Waals surface area contributed by atoms with E-state index in [0.29, 0.717) is 11.5 Å². The first-order chi connectivity index (χ1) is 11.9. The van der Waals surface area contributed by atoms with Gasteiger partial charge in [0, 0.05) is 31.0 Å². The number of hydrogen-bond donors (Lipinski definition) is 2. The maximum atomic E-state index is 12.2. The van der Waals surface area contributed by atoms with E-state index in [0.717, 1.165) is 16.9 Å². The Morgan fingerprint density at radius 1 is 1.04 bits per heavy atom. The molecular weight excluding hydrogens is 314 g/mol. The lowest BCUT2D eigenvalue weighted by molar-refractivity contribution is -0.114. The second-order valence-electron chi connectivity index (χ2n) is 6.42. The van der Waals surface area contributed by atoms with Crippen molar-refractivity contribution < 1.29 is 9.59 Å². The minimum Gasteiger partial charge on any atom is -0.376 e. The van der Waals surface area contributed by atoms with Gasteiger partial charge < -0.3 is 15.5 Å². The number of carbonyl (C=O) groups excluding carboxylic acids is 2. The van der Waals surface area contributed by atoms with E-state index in [2.05, 4.69) is 24.5 Å². The largest absolute Gasteiger partial charge is 0.376 e. The van der Waals surface area contributed by atoms with Gasteiger partial charge in [0.05, 0.1) is 6.54 Å². The highest BCUT2D eigenvalue weighted by Crippen LogP contribution is 2.23. The molecule has 132 valence electrons. The molecule has 0 atom stereocenters. The lowest BCUT2D eigenvalue weighted by Crippen LogP contribution is -2.23. The summed E-state index contributed by atoms with van der Waals surface area (Å²) in [5.74, 6) is 0.134. The normalized spacial score (nSPS) is 10.4. The highest BCUT2D eigenvalue weighted by Gasteiger charge is 2.10. The van der Waals surface area contributed by atoms with Crippen molar-refractivity contribution in [2.24, 2.45) is 0 Å². The Hall–Kier alpha value is -2.82. The predicted octanol–water partition coefficient (Wildman–Crippen LogP) is 3.56. The summed E-state index contributed by atoms with van der Waals surface area (Å²) >= 11 is 0. The second-order valence-corrected chi connectivity index (χ2v) is 6.42. The van der Waals surface area contributed by atoms with Crippen LogP contribution in [0.15, 0.2) is 48.5 Å². The number of benzene rings is 2. The van der Waals surface area contributed by atoms with Gasteiger partial charge in [-0.2, -0.15) is 0 Å². The summed E-state index contributed by atoms with van der Waals surface area (Å²) in [5, 5.41) is 6.01. The molecule has 0 spiro atoms. The first-order valence-corrected chi connectivity index (χ1v) is 8.33. The first kappa shape index (κ1) is 18.5. The van der Waals surface area contributed by atoms with Crippen LogP contribution in [-0.4, -0.2) is 37.4 Å². The number of nitrogens with zero attached hydrogens (tertiary/aromatic N) is 1. The molecule has 0 heterocycles. The summed E-state index contributed by atoms with van der Waals surface area (Å²) in [6.07, 6.45) is 0. The summed E-state index contributed by atoms with van der Waals surface area (Å²) in [4.78, 5) is 25.8. The van der Waals surface area contributed by atoms with Crippen LogP contribution >= 0.6 is 0 Å². The van der Waals surface area contributed by atoms with Crippen molar-refractivity contribution in [1.29, 1.82) is 0 Å². The number of para-hydroxylation sites is 1. The van der Waals surface area contributed by atoms with Gasteiger partial charge >= 0.3 is 0 Å². The van der Waals surface area contributed by atoms with Crippen molar-refractivity contribution >= 4 is 23.2 Å². The van der Waals surface area contributed by atoms with E-state index < -0.39 is 0 Å². The Morgan fingerprint density at radius 3 is 2.44 bits per heavy atom. The van der Waals surface area contributed by atoms with Crippen LogP contribution < -0.4 is 10.6 Å². The van der Waals surface area contributed by atoms with Crippen LogP contribution in [0, 0.1) is 0 Å². The maximum Gasteiger partial charge on any atom is 0.253 e. The molecule has 0 aliphatic heterocycles. The minimum absolute atomic E-state index is 0.0704. The number of hydrogen-bond acceptors (Lipinski definition) is 3. The number of carbonyl (C=O) groups is 2. The molecule has 0 radical (unpaired) electrons. The van der Waals surface area contributed by atoms with Crippen LogP contribution in [0.1, 0.15) is 35.7 Å². The Bertz CT molecular complexity index is 754. The number of anilines is 2. The van der Waals surface area contributed by atoms with Gasteiger partial charge in [-0.25, -0.2) is 0 Å². The smallest absolute Gasteiger partial charge is 0.253 e. The van der Waals surface area contributed by atoms with Gasteiger partial charge in [0.25, 0.3) is 5.91 Å². The molecule has 5 heteroatoms. The van der Waals surface area contributed by atoms with E-state index in [1.807, 2.05) is 30.3 Å². The van der Waals surface area contributed by atoms with Crippen LogP contribution in [0.25, 0.3) is 0 Å². The lowest BCUT2D eigenvalue weighted by Gasteiger charge is -2.14. The number of amides is 2. The topological polar surface area (TPSA) is 61.4 Å². The molecule has 2 rings (SSSR count). The van der Waals surface area contributed by atoms with E-state index in [9.17, 15) is 9.59 Å². The van der Waals surface area contributed by atoms with Crippen molar-refractivity contribution in [1.82, 2.24) is 4.90 Å². The van der Waals surface area contributed by atoms with Gasteiger partial charge in [-0.1, -0.05) is 38.1 Å². The van der Waals surface area contributed by atoms with Gasteiger partial charge in [0.2, 0.25) is 5.91 Å². The van der Waals surface area contributed by atoms with Crippen LogP contribution in [0.5, 0.6) is 0 Å². The highest BCUT2D eigenvalue weighted by atomic mass is 16.2. The molecular formula is C20H25N3O2. The SMILES string of the molecule is CC(C)c1ccccc1NC(=O)CNc1cccc(C(=O)N(C)C)c1. The second kappa shape index (κ2) is 8.33. The van der Waals surface area contributed by atoms with Gasteiger partial charge in [0.15, 0.2) is 0 Å². The summed E-state index contributed by atoms with van der Waals surface area (Å²) < 4.78 is 0. The van der Waals surface area contributed by atoms with E-state index >= 15 is 0 Å². The molecule has 2 amide bonds. The van der Waals surface area contributed by atoms with Crippen molar-refractivity contribution in [2.45, 2.75) is 19.8 Å². The molecule has 0 bridgehead atoms. The van der Waals surface area contributed by atoms with Gasteiger partial charge in [-0.15, -0.1) is 0 Å². The molecule has 0 aromatic heterocycles. The molecule has 0 saturated carbocycles. The summed E-state index contributed by atoms with van der Waals surface area (Å²) in [6, 6.07) is 14.9. The average molecular weight is 339 g/mol. The Balaban J connectivity index is 1.99. The monoisotopic (exact) mass is 339 g/mol. The zero-order chi connectivity index (χ0) is 18.4. The van der Waals surface area contributed by atoms with Crippen LogP contribution in [0.4, 0.5) is 11.4 Å². The average Bonchev–Trinajstić information content (AvgIpc) is 2.59. The van der Waals surface area contributed by atoms with Crippen molar-refractivity contribution in [3.05, 3.63) is 59.7 Å². The van der Waals surface area contributed by atoms with Crippen LogP contribution in [0.3, 0.4) is 0 Å². The van der Waals surface area contributed by atoms with Crippen molar-refractivity contribution in [3.63, 3.8) is 0 Å². The quantitative estimate of drug-likeness (QED) is 0.846.